The van der Waals surface area contributed by atoms with E-state index < -0.39 is 0 Å². The molecule has 0 atom stereocenters. The Balaban J connectivity index is 1.22. The number of hydrogen-bond acceptors (Lipinski definition) is 3. The van der Waals surface area contributed by atoms with Crippen LogP contribution in [-0.4, -0.2) is 36.3 Å². The van der Waals surface area contributed by atoms with Crippen molar-refractivity contribution in [3.05, 3.63) is 51.2 Å². The minimum atomic E-state index is 0.0357. The number of nitrogens with zero attached hydrogens (tertiary/aromatic N) is 2. The molecule has 1 saturated heterocycles. The van der Waals surface area contributed by atoms with Crippen LogP contribution in [0, 0.1) is 5.92 Å². The maximum Gasteiger partial charge on any atom is 0.263 e. The number of likely N-dealkylation sites (tertiary alicyclic amines) is 1. The van der Waals surface area contributed by atoms with Crippen molar-refractivity contribution in [1.82, 2.24) is 4.90 Å². The summed E-state index contributed by atoms with van der Waals surface area (Å²) in [6.45, 7) is 2.17. The summed E-state index contributed by atoms with van der Waals surface area (Å²) in [7, 11) is 0. The molecule has 0 radical (unpaired) electrons. The minimum absolute atomic E-state index is 0.0357. The summed E-state index contributed by atoms with van der Waals surface area (Å²) in [5.41, 5.74) is 3.72. The highest BCUT2D eigenvalue weighted by Crippen LogP contribution is 2.33. The van der Waals surface area contributed by atoms with E-state index in [-0.39, 0.29) is 17.7 Å². The second-order valence-electron chi connectivity index (χ2n) is 7.85. The first kappa shape index (κ1) is 17.0. The fourth-order valence-corrected chi connectivity index (χ4v) is 5.93. The highest BCUT2D eigenvalue weighted by atomic mass is 32.1. The van der Waals surface area contributed by atoms with Crippen molar-refractivity contribution in [3.8, 4) is 0 Å². The summed E-state index contributed by atoms with van der Waals surface area (Å²) in [4.78, 5) is 32.1. The summed E-state index contributed by atoms with van der Waals surface area (Å²) in [5.74, 6) is 0.433. The van der Waals surface area contributed by atoms with Crippen molar-refractivity contribution in [2.24, 2.45) is 5.92 Å². The summed E-state index contributed by atoms with van der Waals surface area (Å²) in [5, 5.41) is 0. The molecule has 5 rings (SSSR count). The van der Waals surface area contributed by atoms with Crippen LogP contribution in [0.4, 0.5) is 5.69 Å². The number of para-hydroxylation sites is 1. The molecule has 1 aromatic carbocycles. The van der Waals surface area contributed by atoms with Gasteiger partial charge in [-0.05, 0) is 61.8 Å². The molecule has 5 heteroatoms. The highest BCUT2D eigenvalue weighted by molar-refractivity contribution is 7.14. The monoisotopic (exact) mass is 380 g/mol. The smallest absolute Gasteiger partial charge is 0.263 e. The minimum Gasteiger partial charge on any atom is -0.338 e. The first-order valence-corrected chi connectivity index (χ1v) is 10.8. The van der Waals surface area contributed by atoms with E-state index >= 15 is 0 Å². The molecule has 0 saturated carbocycles. The number of rotatable bonds is 2. The van der Waals surface area contributed by atoms with Gasteiger partial charge in [-0.3, -0.25) is 9.59 Å². The molecule has 1 fully saturated rings. The molecule has 4 nitrogen and oxygen atoms in total. The van der Waals surface area contributed by atoms with Gasteiger partial charge in [-0.1, -0.05) is 18.2 Å². The topological polar surface area (TPSA) is 40.6 Å². The maximum absolute atomic E-state index is 13.0. The number of hydrogen-bond donors (Lipinski definition) is 0. The van der Waals surface area contributed by atoms with E-state index in [1.165, 1.54) is 22.4 Å². The molecule has 3 aliphatic rings. The standard InChI is InChI=1S/C22H24N2O2S/c25-21(24-13-10-15-4-1-2-6-18(15)24)16-8-11-23(12-9-16)22(26)20-14-17-5-3-7-19(17)27-20/h1-2,4,6,14,16H,3,5,7-13H2. The number of carbonyl (C=O) groups excluding carboxylic acids is 2. The Bertz CT molecular complexity index is 874. The molecule has 0 unspecified atom stereocenters. The molecular weight excluding hydrogens is 356 g/mol. The summed E-state index contributed by atoms with van der Waals surface area (Å²) in [6.07, 6.45) is 5.96. The van der Waals surface area contributed by atoms with Crippen molar-refractivity contribution in [2.75, 3.05) is 24.5 Å². The highest BCUT2D eigenvalue weighted by Gasteiger charge is 2.34. The first-order chi connectivity index (χ1) is 13.2. The Labute approximate surface area is 163 Å². The zero-order chi connectivity index (χ0) is 18.4. The number of anilines is 1. The predicted molar refractivity (Wildman–Crippen MR) is 107 cm³/mol. The van der Waals surface area contributed by atoms with Crippen LogP contribution in [0.15, 0.2) is 30.3 Å². The van der Waals surface area contributed by atoms with Crippen LogP contribution in [0.5, 0.6) is 0 Å². The van der Waals surface area contributed by atoms with Crippen LogP contribution in [0.25, 0.3) is 0 Å². The second-order valence-corrected chi connectivity index (χ2v) is 8.98. The van der Waals surface area contributed by atoms with Crippen LogP contribution in [0.1, 0.15) is 44.9 Å². The number of amides is 2. The van der Waals surface area contributed by atoms with Gasteiger partial charge in [0.25, 0.3) is 5.91 Å². The molecule has 0 N–H and O–H groups in total. The molecule has 140 valence electrons. The number of benzene rings is 1. The Morgan fingerprint density at radius 1 is 0.963 bits per heavy atom. The molecule has 2 amide bonds. The molecule has 0 spiro atoms. The molecular formula is C22H24N2O2S. The van der Waals surface area contributed by atoms with Crippen molar-refractivity contribution < 1.29 is 9.59 Å². The number of piperidine rings is 1. The molecule has 3 heterocycles. The van der Waals surface area contributed by atoms with Crippen LogP contribution in [0.3, 0.4) is 0 Å². The summed E-state index contributed by atoms with van der Waals surface area (Å²) >= 11 is 1.68. The fraction of sp³-hybridized carbons (Fsp3) is 0.455. The van der Waals surface area contributed by atoms with Gasteiger partial charge in [0, 0.05) is 36.1 Å². The third-order valence-corrected chi connectivity index (χ3v) is 7.47. The van der Waals surface area contributed by atoms with E-state index in [2.05, 4.69) is 18.2 Å². The average molecular weight is 381 g/mol. The lowest BCUT2D eigenvalue weighted by Gasteiger charge is -2.33. The lowest BCUT2D eigenvalue weighted by atomic mass is 9.95. The largest absolute Gasteiger partial charge is 0.338 e. The van der Waals surface area contributed by atoms with Gasteiger partial charge < -0.3 is 9.80 Å². The predicted octanol–water partition coefficient (Wildman–Crippen LogP) is 3.68. The lowest BCUT2D eigenvalue weighted by molar-refractivity contribution is -0.123. The van der Waals surface area contributed by atoms with Crippen LogP contribution < -0.4 is 4.90 Å². The van der Waals surface area contributed by atoms with Gasteiger partial charge in [0.2, 0.25) is 5.91 Å². The number of carbonyl (C=O) groups is 2. The number of aryl methyl sites for hydroxylation is 2. The zero-order valence-electron chi connectivity index (χ0n) is 15.4. The van der Waals surface area contributed by atoms with E-state index in [9.17, 15) is 9.59 Å². The van der Waals surface area contributed by atoms with Crippen molar-refractivity contribution in [2.45, 2.75) is 38.5 Å². The van der Waals surface area contributed by atoms with Gasteiger partial charge in [0.1, 0.15) is 0 Å². The molecule has 1 aliphatic carbocycles. The number of thiophene rings is 1. The van der Waals surface area contributed by atoms with E-state index in [0.29, 0.717) is 13.1 Å². The maximum atomic E-state index is 13.0. The van der Waals surface area contributed by atoms with Gasteiger partial charge in [-0.25, -0.2) is 0 Å². The average Bonchev–Trinajstić information content (AvgIpc) is 3.41. The van der Waals surface area contributed by atoms with Crippen LogP contribution in [0.2, 0.25) is 0 Å². The Morgan fingerprint density at radius 3 is 2.59 bits per heavy atom. The van der Waals surface area contributed by atoms with Gasteiger partial charge in [0.15, 0.2) is 0 Å². The van der Waals surface area contributed by atoms with Gasteiger partial charge in [0.05, 0.1) is 4.88 Å². The Kier molecular flexibility index (Phi) is 4.27. The Morgan fingerprint density at radius 2 is 1.78 bits per heavy atom. The molecule has 2 aromatic rings. The second kappa shape index (κ2) is 6.79. The summed E-state index contributed by atoms with van der Waals surface area (Å²) in [6, 6.07) is 10.3. The molecule has 27 heavy (non-hydrogen) atoms. The third-order valence-electron chi connectivity index (χ3n) is 6.24. The van der Waals surface area contributed by atoms with Crippen molar-refractivity contribution in [1.29, 1.82) is 0 Å². The fourth-order valence-electron chi connectivity index (χ4n) is 4.71. The van der Waals surface area contributed by atoms with E-state index in [0.717, 1.165) is 49.2 Å². The Hall–Kier alpha value is -2.14. The van der Waals surface area contributed by atoms with E-state index in [1.54, 1.807) is 11.3 Å². The van der Waals surface area contributed by atoms with E-state index in [1.807, 2.05) is 21.9 Å². The molecule has 1 aromatic heterocycles. The van der Waals surface area contributed by atoms with Crippen LogP contribution >= 0.6 is 11.3 Å². The first-order valence-electron chi connectivity index (χ1n) is 10.0. The zero-order valence-corrected chi connectivity index (χ0v) is 16.3. The lowest BCUT2D eigenvalue weighted by Crippen LogP contribution is -2.44. The number of fused-ring (bicyclic) bond motifs is 2. The third kappa shape index (κ3) is 2.98. The molecule has 0 bridgehead atoms. The quantitative estimate of drug-likeness (QED) is 0.797. The molecule has 2 aliphatic heterocycles. The van der Waals surface area contributed by atoms with Crippen molar-refractivity contribution in [3.63, 3.8) is 0 Å². The van der Waals surface area contributed by atoms with Crippen LogP contribution in [-0.2, 0) is 24.1 Å². The SMILES string of the molecule is O=C(c1cc2c(s1)CCC2)N1CCC(C(=O)N2CCc3ccccc32)CC1. The van der Waals surface area contributed by atoms with Crippen molar-refractivity contribution >= 4 is 28.8 Å². The summed E-state index contributed by atoms with van der Waals surface area (Å²) < 4.78 is 0. The van der Waals surface area contributed by atoms with Gasteiger partial charge in [-0.2, -0.15) is 0 Å². The normalized spacial score (nSPS) is 19.3. The van der Waals surface area contributed by atoms with Gasteiger partial charge >= 0.3 is 0 Å². The van der Waals surface area contributed by atoms with E-state index in [4.69, 9.17) is 0 Å². The van der Waals surface area contributed by atoms with Gasteiger partial charge in [-0.15, -0.1) is 11.3 Å².